The summed E-state index contributed by atoms with van der Waals surface area (Å²) in [5.41, 5.74) is 1.17. The second-order valence-electron chi connectivity index (χ2n) is 8.43. The SMILES string of the molecule is COc1cc(/C=C/C(=O)CC(=O)/C=C/c2ccc(O[C@H]3O[C@H](CO)[C@@H](O)[C@H](O)[C@H]3O)c(OC)c2)ccc1O. The topological polar surface area (TPSA) is 172 Å². The largest absolute Gasteiger partial charge is 0.504 e. The van der Waals surface area contributed by atoms with Crippen LogP contribution in [0.2, 0.25) is 0 Å². The molecule has 204 valence electrons. The average Bonchev–Trinajstić information content (AvgIpc) is 2.92. The lowest BCUT2D eigenvalue weighted by Crippen LogP contribution is -2.60. The van der Waals surface area contributed by atoms with Crippen molar-refractivity contribution in [2.45, 2.75) is 37.1 Å². The third kappa shape index (κ3) is 7.18. The second-order valence-corrected chi connectivity index (χ2v) is 8.43. The molecule has 2 aromatic rings. The van der Waals surface area contributed by atoms with Crippen LogP contribution < -0.4 is 14.2 Å². The number of benzene rings is 2. The predicted octanol–water partition coefficient (Wildman–Crippen LogP) is 0.843. The summed E-state index contributed by atoms with van der Waals surface area (Å²) in [4.78, 5) is 24.4. The molecule has 0 spiro atoms. The number of allylic oxidation sites excluding steroid dienone is 2. The average molecular weight is 531 g/mol. The normalized spacial score (nSPS) is 23.5. The third-order valence-corrected chi connectivity index (χ3v) is 5.75. The maximum atomic E-state index is 12.3. The molecule has 11 nitrogen and oxygen atoms in total. The maximum Gasteiger partial charge on any atom is 0.229 e. The van der Waals surface area contributed by atoms with E-state index in [1.807, 2.05) is 0 Å². The van der Waals surface area contributed by atoms with Gasteiger partial charge < -0.3 is 44.5 Å². The lowest BCUT2D eigenvalue weighted by Gasteiger charge is -2.39. The summed E-state index contributed by atoms with van der Waals surface area (Å²) < 4.78 is 21.3. The van der Waals surface area contributed by atoms with Gasteiger partial charge >= 0.3 is 0 Å². The number of ether oxygens (including phenoxy) is 4. The first-order valence-electron chi connectivity index (χ1n) is 11.6. The van der Waals surface area contributed by atoms with Crippen LogP contribution in [0, 0.1) is 0 Å². The fourth-order valence-electron chi connectivity index (χ4n) is 3.64. The Morgan fingerprint density at radius 3 is 2.00 bits per heavy atom. The molecule has 38 heavy (non-hydrogen) atoms. The van der Waals surface area contributed by atoms with Gasteiger partial charge in [-0.1, -0.05) is 24.3 Å². The van der Waals surface area contributed by atoms with Crippen molar-refractivity contribution >= 4 is 23.7 Å². The highest BCUT2D eigenvalue weighted by atomic mass is 16.7. The van der Waals surface area contributed by atoms with Gasteiger partial charge in [0.1, 0.15) is 24.4 Å². The highest BCUT2D eigenvalue weighted by Crippen LogP contribution is 2.32. The number of aliphatic hydroxyl groups excluding tert-OH is 4. The van der Waals surface area contributed by atoms with Gasteiger partial charge in [0.2, 0.25) is 6.29 Å². The number of carbonyl (C=O) groups excluding carboxylic acids is 2. The van der Waals surface area contributed by atoms with Crippen molar-refractivity contribution in [1.29, 1.82) is 0 Å². The molecule has 0 bridgehead atoms. The summed E-state index contributed by atoms with van der Waals surface area (Å²) in [6.07, 6.45) is -2.02. The predicted molar refractivity (Wildman–Crippen MR) is 135 cm³/mol. The number of ketones is 2. The molecule has 1 aliphatic heterocycles. The molecule has 0 amide bonds. The van der Waals surface area contributed by atoms with E-state index in [1.54, 1.807) is 24.3 Å². The molecule has 1 fully saturated rings. The molecule has 0 aliphatic carbocycles. The van der Waals surface area contributed by atoms with Crippen LogP contribution in [0.3, 0.4) is 0 Å². The number of aliphatic hydroxyl groups is 4. The van der Waals surface area contributed by atoms with Crippen molar-refractivity contribution < 1.29 is 54.1 Å². The van der Waals surface area contributed by atoms with Crippen LogP contribution >= 0.6 is 0 Å². The van der Waals surface area contributed by atoms with E-state index in [9.17, 15) is 35.1 Å². The summed E-state index contributed by atoms with van der Waals surface area (Å²) in [5.74, 6) is -0.234. The van der Waals surface area contributed by atoms with E-state index >= 15 is 0 Å². The van der Waals surface area contributed by atoms with Gasteiger partial charge in [0.25, 0.3) is 0 Å². The van der Waals surface area contributed by atoms with Crippen LogP contribution in [0.5, 0.6) is 23.0 Å². The Hall–Kier alpha value is -3.74. The monoisotopic (exact) mass is 530 g/mol. The minimum Gasteiger partial charge on any atom is -0.504 e. The summed E-state index contributed by atoms with van der Waals surface area (Å²) in [6, 6.07) is 9.21. The highest BCUT2D eigenvalue weighted by molar-refractivity contribution is 6.10. The molecule has 1 heterocycles. The molecule has 0 saturated carbocycles. The molecule has 0 radical (unpaired) electrons. The lowest BCUT2D eigenvalue weighted by molar-refractivity contribution is -0.277. The van der Waals surface area contributed by atoms with Crippen molar-refractivity contribution in [1.82, 2.24) is 0 Å². The first kappa shape index (κ1) is 28.8. The fraction of sp³-hybridized carbons (Fsp3) is 0.333. The Kier molecular flexibility index (Phi) is 9.99. The van der Waals surface area contributed by atoms with Gasteiger partial charge in [-0.25, -0.2) is 0 Å². The number of hydrogen-bond donors (Lipinski definition) is 5. The fourth-order valence-corrected chi connectivity index (χ4v) is 3.64. The van der Waals surface area contributed by atoms with Gasteiger partial charge in [-0.3, -0.25) is 9.59 Å². The minimum absolute atomic E-state index is 0.0265. The van der Waals surface area contributed by atoms with Crippen molar-refractivity contribution in [3.8, 4) is 23.0 Å². The van der Waals surface area contributed by atoms with Gasteiger partial charge in [-0.05, 0) is 47.5 Å². The Bertz CT molecular complexity index is 1190. The van der Waals surface area contributed by atoms with E-state index in [0.717, 1.165) is 0 Å². The standard InChI is InChI=1S/C27H30O11/c1-35-21-11-15(5-9-19(21)31)3-7-17(29)13-18(30)8-4-16-6-10-20(22(12-16)36-2)37-27-26(34)25(33)24(32)23(14-28)38-27/h3-12,23-28,31-34H,13-14H2,1-2H3/b7-3+,8-4+/t23-,24-,25+,26-,27+/m1/s1. The number of methoxy groups -OCH3 is 2. The van der Waals surface area contributed by atoms with Crippen LogP contribution in [-0.4, -0.2) is 88.6 Å². The van der Waals surface area contributed by atoms with Gasteiger partial charge in [0.05, 0.1) is 27.2 Å². The second kappa shape index (κ2) is 13.2. The number of carbonyl (C=O) groups is 2. The van der Waals surface area contributed by atoms with E-state index in [4.69, 9.17) is 18.9 Å². The zero-order valence-corrected chi connectivity index (χ0v) is 20.8. The first-order valence-corrected chi connectivity index (χ1v) is 11.6. The molecule has 0 unspecified atom stereocenters. The number of phenolic OH excluding ortho intramolecular Hbond substituents is 1. The Labute approximate surface area is 218 Å². The molecular weight excluding hydrogens is 500 g/mol. The summed E-state index contributed by atoms with van der Waals surface area (Å²) in [7, 11) is 2.79. The molecular formula is C27H30O11. The molecule has 5 atom stereocenters. The van der Waals surface area contributed by atoms with Gasteiger partial charge in [-0.15, -0.1) is 0 Å². The van der Waals surface area contributed by atoms with Gasteiger partial charge in [0.15, 0.2) is 34.6 Å². The van der Waals surface area contributed by atoms with E-state index in [-0.39, 0.29) is 29.4 Å². The summed E-state index contributed by atoms with van der Waals surface area (Å²) in [6.45, 7) is -0.594. The number of phenols is 1. The van der Waals surface area contributed by atoms with Crippen LogP contribution in [0.4, 0.5) is 0 Å². The van der Waals surface area contributed by atoms with Crippen molar-refractivity contribution in [2.24, 2.45) is 0 Å². The number of aromatic hydroxyl groups is 1. The molecule has 1 saturated heterocycles. The molecule has 11 heteroatoms. The Morgan fingerprint density at radius 2 is 1.42 bits per heavy atom. The lowest BCUT2D eigenvalue weighted by atomic mass is 9.99. The van der Waals surface area contributed by atoms with Crippen LogP contribution in [0.1, 0.15) is 17.5 Å². The first-order chi connectivity index (χ1) is 18.2. The van der Waals surface area contributed by atoms with E-state index in [0.29, 0.717) is 11.1 Å². The van der Waals surface area contributed by atoms with Crippen molar-refractivity contribution in [3.63, 3.8) is 0 Å². The van der Waals surface area contributed by atoms with Crippen LogP contribution in [-0.2, 0) is 14.3 Å². The van der Waals surface area contributed by atoms with Crippen LogP contribution in [0.25, 0.3) is 12.2 Å². The molecule has 3 rings (SSSR count). The molecule has 1 aliphatic rings. The quantitative estimate of drug-likeness (QED) is 0.206. The maximum absolute atomic E-state index is 12.3. The van der Waals surface area contributed by atoms with Gasteiger partial charge in [-0.2, -0.15) is 0 Å². The zero-order chi connectivity index (χ0) is 27.8. The van der Waals surface area contributed by atoms with E-state index in [2.05, 4.69) is 0 Å². The number of hydrogen-bond acceptors (Lipinski definition) is 11. The van der Waals surface area contributed by atoms with Gasteiger partial charge in [0, 0.05) is 0 Å². The van der Waals surface area contributed by atoms with E-state index in [1.165, 1.54) is 50.7 Å². The Balaban J connectivity index is 1.61. The summed E-state index contributed by atoms with van der Waals surface area (Å²) >= 11 is 0. The summed E-state index contributed by atoms with van der Waals surface area (Å²) in [5, 5.41) is 49.0. The van der Waals surface area contributed by atoms with E-state index < -0.39 is 48.9 Å². The zero-order valence-electron chi connectivity index (χ0n) is 20.8. The van der Waals surface area contributed by atoms with Crippen LogP contribution in [0.15, 0.2) is 48.6 Å². The Morgan fingerprint density at radius 1 is 0.842 bits per heavy atom. The van der Waals surface area contributed by atoms with Crippen molar-refractivity contribution in [2.75, 3.05) is 20.8 Å². The van der Waals surface area contributed by atoms with Crippen molar-refractivity contribution in [3.05, 3.63) is 59.7 Å². The number of rotatable bonds is 11. The smallest absolute Gasteiger partial charge is 0.229 e. The molecule has 5 N–H and O–H groups in total. The minimum atomic E-state index is -1.59. The highest BCUT2D eigenvalue weighted by Gasteiger charge is 2.44. The third-order valence-electron chi connectivity index (χ3n) is 5.75. The molecule has 2 aromatic carbocycles. The molecule has 0 aromatic heterocycles.